The molecule has 0 spiro atoms. The van der Waals surface area contributed by atoms with Gasteiger partial charge in [-0.3, -0.25) is 23.8 Å². The lowest BCUT2D eigenvalue weighted by atomic mass is 10.1. The van der Waals surface area contributed by atoms with Gasteiger partial charge in [0.25, 0.3) is 0 Å². The number of benzene rings is 1. The van der Waals surface area contributed by atoms with Gasteiger partial charge in [0.1, 0.15) is 0 Å². The van der Waals surface area contributed by atoms with Crippen LogP contribution in [0.25, 0.3) is 10.9 Å². The topological polar surface area (TPSA) is 190 Å². The molecule has 0 unspecified atom stereocenters. The second-order valence-corrected chi connectivity index (χ2v) is 12.9. The second kappa shape index (κ2) is 14.9. The number of unbranched alkanes of at least 4 members (excludes halogenated alkanes) is 1. The number of carbonyl (C=O) groups is 2. The number of rotatable bonds is 15. The number of carbonyl (C=O) groups excluding carboxylic acids is 2. The fraction of sp³-hybridized carbons (Fsp3) is 0.542. The van der Waals surface area contributed by atoms with Crippen LogP contribution in [0.3, 0.4) is 0 Å². The van der Waals surface area contributed by atoms with Crippen LogP contribution in [0.4, 0.5) is 10.5 Å². The highest BCUT2D eigenvalue weighted by atomic mass is 31.2. The molecular weight excluding hydrogens is 550 g/mol. The molecule has 1 aromatic carbocycles. The molecule has 0 fully saturated rings. The Morgan fingerprint density at radius 1 is 1.00 bits per heavy atom. The Morgan fingerprint density at radius 3 is 2.26 bits per heavy atom. The molecule has 13 nitrogen and oxygen atoms in total. The van der Waals surface area contributed by atoms with Crippen LogP contribution in [0, 0.1) is 6.92 Å². The van der Waals surface area contributed by atoms with E-state index in [0.29, 0.717) is 12.2 Å². The summed E-state index contributed by atoms with van der Waals surface area (Å²) >= 11 is 0. The standard InChI is InChI=1S/C24H38N4O9P2/c1-4-27(5-2)14-6-7-15-28(21-12-13-25-20-17-18(3)10-11-19(20)21)24(30)37-16-8-9-22(29)26-23(38(31,32)33)39(34,35)36/h10-13,17,23H,4-9,14-16H2,1-3H3,(H,26,29)(H2,31,32,33)(H2,34,35,36). The molecule has 0 radical (unpaired) electrons. The van der Waals surface area contributed by atoms with Crippen LogP contribution in [-0.2, 0) is 18.7 Å². The van der Waals surface area contributed by atoms with Crippen LogP contribution in [0.15, 0.2) is 30.5 Å². The van der Waals surface area contributed by atoms with E-state index in [9.17, 15) is 18.7 Å². The molecule has 0 aliphatic rings. The van der Waals surface area contributed by atoms with E-state index in [2.05, 4.69) is 23.7 Å². The largest absolute Gasteiger partial charge is 0.449 e. The molecule has 0 aliphatic carbocycles. The molecule has 0 bridgehead atoms. The Morgan fingerprint density at radius 2 is 1.64 bits per heavy atom. The maximum absolute atomic E-state index is 13.1. The van der Waals surface area contributed by atoms with Crippen molar-refractivity contribution < 1.29 is 43.0 Å². The van der Waals surface area contributed by atoms with E-state index in [4.69, 9.17) is 24.3 Å². The minimum absolute atomic E-state index is 0.0291. The number of nitrogens with one attached hydrogen (secondary N) is 1. The van der Waals surface area contributed by atoms with Gasteiger partial charge in [-0.15, -0.1) is 0 Å². The number of amides is 2. The summed E-state index contributed by atoms with van der Waals surface area (Å²) in [6.45, 7) is 9.10. The fourth-order valence-electron chi connectivity index (χ4n) is 3.98. The Labute approximate surface area is 227 Å². The molecule has 2 rings (SSSR count). The average molecular weight is 589 g/mol. The predicted octanol–water partition coefficient (Wildman–Crippen LogP) is 3.14. The minimum Gasteiger partial charge on any atom is -0.449 e. The maximum atomic E-state index is 13.1. The van der Waals surface area contributed by atoms with Crippen molar-refractivity contribution in [2.24, 2.45) is 0 Å². The van der Waals surface area contributed by atoms with Gasteiger partial charge < -0.3 is 34.5 Å². The number of anilines is 1. The average Bonchev–Trinajstić information content (AvgIpc) is 2.85. The number of fused-ring (bicyclic) bond motifs is 1. The van der Waals surface area contributed by atoms with Crippen molar-refractivity contribution in [2.75, 3.05) is 37.7 Å². The van der Waals surface area contributed by atoms with E-state index in [1.54, 1.807) is 17.6 Å². The maximum Gasteiger partial charge on any atom is 0.414 e. The van der Waals surface area contributed by atoms with Crippen molar-refractivity contribution in [3.05, 3.63) is 36.0 Å². The van der Waals surface area contributed by atoms with E-state index in [0.717, 1.165) is 48.9 Å². The molecule has 0 atom stereocenters. The monoisotopic (exact) mass is 588 g/mol. The Kier molecular flexibility index (Phi) is 12.5. The summed E-state index contributed by atoms with van der Waals surface area (Å²) in [5, 5.41) is 2.47. The molecule has 1 heterocycles. The van der Waals surface area contributed by atoms with Crippen LogP contribution in [0.2, 0.25) is 0 Å². The highest BCUT2D eigenvalue weighted by molar-refractivity contribution is 7.70. The summed E-state index contributed by atoms with van der Waals surface area (Å²) < 4.78 is 28.1. The third-order valence-electron chi connectivity index (χ3n) is 6.09. The van der Waals surface area contributed by atoms with Crippen molar-refractivity contribution in [1.82, 2.24) is 15.2 Å². The van der Waals surface area contributed by atoms with Crippen molar-refractivity contribution >= 4 is 43.8 Å². The minimum atomic E-state index is -5.30. The number of ether oxygens (including phenoxy) is 1. The van der Waals surface area contributed by atoms with Gasteiger partial charge in [-0.2, -0.15) is 0 Å². The summed E-state index contributed by atoms with van der Waals surface area (Å²) in [6, 6.07) is 7.48. The van der Waals surface area contributed by atoms with Gasteiger partial charge >= 0.3 is 21.3 Å². The molecule has 0 aliphatic heterocycles. The first-order valence-corrected chi connectivity index (χ1v) is 16.1. The van der Waals surface area contributed by atoms with Crippen molar-refractivity contribution in [3.8, 4) is 0 Å². The number of aryl methyl sites for hydroxylation is 1. The molecule has 2 aromatic rings. The SMILES string of the molecule is CCN(CC)CCCCN(C(=O)OCCCC(=O)NC(P(=O)(O)O)P(=O)(O)O)c1ccnc2cc(C)ccc12. The molecule has 0 saturated heterocycles. The highest BCUT2D eigenvalue weighted by Gasteiger charge is 2.44. The molecular formula is C24H38N4O9P2. The lowest BCUT2D eigenvalue weighted by molar-refractivity contribution is -0.121. The molecule has 5 N–H and O–H groups in total. The fourth-order valence-corrected chi connectivity index (χ4v) is 6.18. The van der Waals surface area contributed by atoms with E-state index in [-0.39, 0.29) is 19.4 Å². The first-order chi connectivity index (χ1) is 18.3. The number of nitrogens with zero attached hydrogens (tertiary/aromatic N) is 3. The third kappa shape index (κ3) is 10.3. The summed E-state index contributed by atoms with van der Waals surface area (Å²) in [5.41, 5.74) is -0.236. The van der Waals surface area contributed by atoms with Crippen molar-refractivity contribution in [3.63, 3.8) is 0 Å². The summed E-state index contributed by atoms with van der Waals surface area (Å²) in [6.07, 6.45) is 2.18. The summed E-state index contributed by atoms with van der Waals surface area (Å²) in [5.74, 6) is -0.994. The van der Waals surface area contributed by atoms with Gasteiger partial charge in [0.05, 0.1) is 17.8 Å². The number of aromatic nitrogens is 1. The van der Waals surface area contributed by atoms with E-state index >= 15 is 0 Å². The molecule has 2 amide bonds. The molecule has 39 heavy (non-hydrogen) atoms. The van der Waals surface area contributed by atoms with Crippen LogP contribution >= 0.6 is 15.2 Å². The van der Waals surface area contributed by atoms with Crippen LogP contribution in [0.5, 0.6) is 0 Å². The zero-order valence-corrected chi connectivity index (χ0v) is 24.2. The third-order valence-corrected chi connectivity index (χ3v) is 9.43. The van der Waals surface area contributed by atoms with Gasteiger partial charge in [-0.25, -0.2) is 4.79 Å². The first kappa shape index (κ1) is 32.8. The van der Waals surface area contributed by atoms with Crippen LogP contribution < -0.4 is 10.2 Å². The normalized spacial score (nSPS) is 12.2. The van der Waals surface area contributed by atoms with Crippen LogP contribution in [-0.4, -0.2) is 79.8 Å². The quantitative estimate of drug-likeness (QED) is 0.152. The number of pyridine rings is 1. The van der Waals surface area contributed by atoms with E-state index < -0.39 is 32.7 Å². The van der Waals surface area contributed by atoms with E-state index in [1.165, 1.54) is 4.90 Å². The lowest BCUT2D eigenvalue weighted by Crippen LogP contribution is -2.35. The van der Waals surface area contributed by atoms with Gasteiger partial charge in [0, 0.05) is 24.5 Å². The van der Waals surface area contributed by atoms with Gasteiger partial charge in [-0.05, 0) is 63.5 Å². The van der Waals surface area contributed by atoms with Gasteiger partial charge in [0.15, 0.2) is 0 Å². The smallest absolute Gasteiger partial charge is 0.414 e. The van der Waals surface area contributed by atoms with E-state index in [1.807, 2.05) is 25.1 Å². The summed E-state index contributed by atoms with van der Waals surface area (Å²) in [4.78, 5) is 69.9. The molecule has 1 aromatic heterocycles. The summed E-state index contributed by atoms with van der Waals surface area (Å²) in [7, 11) is -10.6. The number of hydrogen-bond donors (Lipinski definition) is 5. The molecule has 0 saturated carbocycles. The van der Waals surface area contributed by atoms with Gasteiger partial charge in [0.2, 0.25) is 11.4 Å². The Bertz CT molecular complexity index is 1190. The van der Waals surface area contributed by atoms with Gasteiger partial charge in [-0.1, -0.05) is 26.0 Å². The second-order valence-electron chi connectivity index (χ2n) is 9.07. The molecule has 218 valence electrons. The zero-order chi connectivity index (χ0) is 29.2. The highest BCUT2D eigenvalue weighted by Crippen LogP contribution is 2.58. The Hall–Kier alpha value is -2.37. The van der Waals surface area contributed by atoms with Crippen LogP contribution in [0.1, 0.15) is 45.1 Å². The Balaban J connectivity index is 2.06. The molecule has 15 heteroatoms. The number of hydrogen-bond acceptors (Lipinski definition) is 7. The van der Waals surface area contributed by atoms with Crippen molar-refractivity contribution in [1.29, 1.82) is 0 Å². The zero-order valence-electron chi connectivity index (χ0n) is 22.4. The lowest BCUT2D eigenvalue weighted by Gasteiger charge is -2.24. The predicted molar refractivity (Wildman–Crippen MR) is 147 cm³/mol. The first-order valence-electron chi connectivity index (χ1n) is 12.7. The van der Waals surface area contributed by atoms with Crippen molar-refractivity contribution in [2.45, 2.75) is 52.0 Å².